The van der Waals surface area contributed by atoms with E-state index in [1.165, 1.54) is 12.8 Å². The van der Waals surface area contributed by atoms with E-state index >= 15 is 0 Å². The van der Waals surface area contributed by atoms with E-state index in [1.807, 2.05) is 13.1 Å². The van der Waals surface area contributed by atoms with E-state index in [4.69, 9.17) is 4.74 Å². The molecule has 2 aliphatic heterocycles. The minimum atomic E-state index is -0.232. The summed E-state index contributed by atoms with van der Waals surface area (Å²) in [4.78, 5) is 27.2. The van der Waals surface area contributed by atoms with E-state index in [0.29, 0.717) is 26.2 Å². The van der Waals surface area contributed by atoms with Gasteiger partial charge in [0.2, 0.25) is 0 Å². The lowest BCUT2D eigenvalue weighted by atomic mass is 9.99. The number of piperidine rings is 1. The highest BCUT2D eigenvalue weighted by molar-refractivity contribution is 14.0. The topological polar surface area (TPSA) is 73.3 Å². The maximum absolute atomic E-state index is 11.8. The Hall–Kier alpha value is -1.78. The SMILES string of the molecule is CCOC(=O)N1CCN(C(=NC)NCc2ccc(N3CCC(C)CC3)nc2)CC1.I. The summed E-state index contributed by atoms with van der Waals surface area (Å²) >= 11 is 0. The first kappa shape index (κ1) is 24.5. The smallest absolute Gasteiger partial charge is 0.409 e. The lowest BCUT2D eigenvalue weighted by Crippen LogP contribution is -2.53. The zero-order valence-electron chi connectivity index (χ0n) is 18.3. The Bertz CT molecular complexity index is 683. The Morgan fingerprint density at radius 3 is 2.40 bits per heavy atom. The highest BCUT2D eigenvalue weighted by atomic mass is 127. The van der Waals surface area contributed by atoms with Crippen LogP contribution in [-0.2, 0) is 11.3 Å². The molecule has 0 spiro atoms. The predicted octanol–water partition coefficient (Wildman–Crippen LogP) is 2.79. The van der Waals surface area contributed by atoms with Gasteiger partial charge in [-0.05, 0) is 37.3 Å². The van der Waals surface area contributed by atoms with E-state index in [9.17, 15) is 4.79 Å². The summed E-state index contributed by atoms with van der Waals surface area (Å²) in [6.45, 7) is 10.2. The fraction of sp³-hybridized carbons (Fsp3) is 0.667. The van der Waals surface area contributed by atoms with Crippen LogP contribution in [0.5, 0.6) is 0 Å². The molecular weight excluding hydrogens is 495 g/mol. The summed E-state index contributed by atoms with van der Waals surface area (Å²) in [7, 11) is 1.79. The Kier molecular flexibility index (Phi) is 9.93. The van der Waals surface area contributed by atoms with Crippen molar-refractivity contribution in [3.8, 4) is 0 Å². The molecule has 1 N–H and O–H groups in total. The van der Waals surface area contributed by atoms with Gasteiger partial charge in [0.15, 0.2) is 5.96 Å². The average molecular weight is 530 g/mol. The minimum absolute atomic E-state index is 0. The van der Waals surface area contributed by atoms with E-state index in [0.717, 1.165) is 49.4 Å². The molecule has 0 atom stereocenters. The third-order valence-corrected chi connectivity index (χ3v) is 5.68. The van der Waals surface area contributed by atoms with Crippen molar-refractivity contribution in [1.29, 1.82) is 0 Å². The molecule has 0 bridgehead atoms. The van der Waals surface area contributed by atoms with Gasteiger partial charge in [0, 0.05) is 59.1 Å². The van der Waals surface area contributed by atoms with Crippen LogP contribution in [0.15, 0.2) is 23.3 Å². The molecule has 8 nitrogen and oxygen atoms in total. The number of piperazine rings is 1. The predicted molar refractivity (Wildman–Crippen MR) is 131 cm³/mol. The van der Waals surface area contributed by atoms with Crippen molar-refractivity contribution in [2.75, 3.05) is 57.8 Å². The van der Waals surface area contributed by atoms with Gasteiger partial charge in [0.25, 0.3) is 0 Å². The molecular formula is C21H35IN6O2. The first-order valence-electron chi connectivity index (χ1n) is 10.7. The standard InChI is InChI=1S/C21H34N6O2.HI/c1-4-29-21(28)27-13-11-26(12-14-27)20(22-3)24-16-18-5-6-19(23-15-18)25-9-7-17(2)8-10-25;/h5-6,15,17H,4,7-14,16H2,1-3H3,(H,22,24);1H. The molecule has 1 aromatic rings. The molecule has 3 heterocycles. The molecule has 2 aliphatic rings. The highest BCUT2D eigenvalue weighted by Crippen LogP contribution is 2.21. The van der Waals surface area contributed by atoms with Gasteiger partial charge in [-0.25, -0.2) is 9.78 Å². The van der Waals surface area contributed by atoms with Gasteiger partial charge in [-0.3, -0.25) is 4.99 Å². The zero-order chi connectivity index (χ0) is 20.6. The monoisotopic (exact) mass is 530 g/mol. The van der Waals surface area contributed by atoms with Gasteiger partial charge >= 0.3 is 6.09 Å². The van der Waals surface area contributed by atoms with Crippen molar-refractivity contribution in [2.24, 2.45) is 10.9 Å². The molecule has 1 amide bonds. The number of nitrogens with zero attached hydrogens (tertiary/aromatic N) is 5. The molecule has 0 unspecified atom stereocenters. The van der Waals surface area contributed by atoms with Crippen molar-refractivity contribution in [3.63, 3.8) is 0 Å². The normalized spacial score (nSPS) is 18.1. The number of carbonyl (C=O) groups excluding carboxylic acids is 1. The molecule has 30 heavy (non-hydrogen) atoms. The summed E-state index contributed by atoms with van der Waals surface area (Å²) in [5, 5.41) is 3.42. The number of pyridine rings is 1. The van der Waals surface area contributed by atoms with Crippen LogP contribution in [-0.4, -0.2) is 79.8 Å². The summed E-state index contributed by atoms with van der Waals surface area (Å²) in [6.07, 6.45) is 4.20. The van der Waals surface area contributed by atoms with Gasteiger partial charge in [-0.1, -0.05) is 13.0 Å². The number of amides is 1. The maximum Gasteiger partial charge on any atom is 0.409 e. The first-order chi connectivity index (χ1) is 14.1. The van der Waals surface area contributed by atoms with Crippen molar-refractivity contribution >= 4 is 41.8 Å². The second kappa shape index (κ2) is 12.2. The second-order valence-corrected chi connectivity index (χ2v) is 7.77. The molecule has 2 fully saturated rings. The Balaban J connectivity index is 0.00000320. The van der Waals surface area contributed by atoms with E-state index in [1.54, 1.807) is 11.9 Å². The molecule has 0 saturated carbocycles. The lowest BCUT2D eigenvalue weighted by Gasteiger charge is -2.35. The Morgan fingerprint density at radius 1 is 1.17 bits per heavy atom. The molecule has 9 heteroatoms. The molecule has 0 aromatic carbocycles. The Morgan fingerprint density at radius 2 is 1.83 bits per heavy atom. The van der Waals surface area contributed by atoms with Crippen molar-refractivity contribution in [2.45, 2.75) is 33.2 Å². The van der Waals surface area contributed by atoms with Crippen LogP contribution in [0.4, 0.5) is 10.6 Å². The lowest BCUT2D eigenvalue weighted by molar-refractivity contribution is 0.0914. The van der Waals surface area contributed by atoms with E-state index in [2.05, 4.69) is 44.1 Å². The number of ether oxygens (including phenoxy) is 1. The van der Waals surface area contributed by atoms with Gasteiger partial charge in [-0.15, -0.1) is 24.0 Å². The third kappa shape index (κ3) is 6.61. The van der Waals surface area contributed by atoms with Crippen molar-refractivity contribution in [1.82, 2.24) is 20.1 Å². The summed E-state index contributed by atoms with van der Waals surface area (Å²) in [5.41, 5.74) is 1.13. The van der Waals surface area contributed by atoms with E-state index < -0.39 is 0 Å². The molecule has 0 aliphatic carbocycles. The van der Waals surface area contributed by atoms with E-state index in [-0.39, 0.29) is 30.1 Å². The van der Waals surface area contributed by atoms with Gasteiger partial charge in [0.1, 0.15) is 5.82 Å². The number of nitrogens with one attached hydrogen (secondary N) is 1. The summed E-state index contributed by atoms with van der Waals surface area (Å²) in [6, 6.07) is 4.26. The number of rotatable bonds is 4. The number of aliphatic imine (C=N–C) groups is 1. The van der Waals surface area contributed by atoms with Crippen LogP contribution in [0.25, 0.3) is 0 Å². The molecule has 2 saturated heterocycles. The number of hydrogen-bond donors (Lipinski definition) is 1. The molecule has 3 rings (SSSR count). The number of halogens is 1. The number of aromatic nitrogens is 1. The van der Waals surface area contributed by atoms with Gasteiger partial charge in [0.05, 0.1) is 6.61 Å². The van der Waals surface area contributed by atoms with Gasteiger partial charge in [-0.2, -0.15) is 0 Å². The molecule has 1 aromatic heterocycles. The number of carbonyl (C=O) groups is 1. The number of anilines is 1. The fourth-order valence-corrected chi connectivity index (χ4v) is 3.77. The fourth-order valence-electron chi connectivity index (χ4n) is 3.77. The largest absolute Gasteiger partial charge is 0.450 e. The average Bonchev–Trinajstić information content (AvgIpc) is 2.76. The second-order valence-electron chi connectivity index (χ2n) is 7.77. The minimum Gasteiger partial charge on any atom is -0.450 e. The van der Waals surface area contributed by atoms with Gasteiger partial charge < -0.3 is 24.8 Å². The highest BCUT2D eigenvalue weighted by Gasteiger charge is 2.23. The summed E-state index contributed by atoms with van der Waals surface area (Å²) < 4.78 is 5.08. The van der Waals surface area contributed by atoms with Crippen LogP contribution >= 0.6 is 24.0 Å². The van der Waals surface area contributed by atoms with Crippen LogP contribution in [0, 0.1) is 5.92 Å². The van der Waals surface area contributed by atoms with Crippen LogP contribution in [0.3, 0.4) is 0 Å². The molecule has 0 radical (unpaired) electrons. The Labute approximate surface area is 197 Å². The third-order valence-electron chi connectivity index (χ3n) is 5.68. The van der Waals surface area contributed by atoms with Crippen LogP contribution in [0.2, 0.25) is 0 Å². The zero-order valence-corrected chi connectivity index (χ0v) is 20.7. The quantitative estimate of drug-likeness (QED) is 0.367. The number of hydrogen-bond acceptors (Lipinski definition) is 5. The first-order valence-corrected chi connectivity index (χ1v) is 10.7. The summed E-state index contributed by atoms with van der Waals surface area (Å²) in [5.74, 6) is 2.74. The van der Waals surface area contributed by atoms with Crippen LogP contribution in [0.1, 0.15) is 32.3 Å². The molecule has 168 valence electrons. The number of guanidine groups is 1. The van der Waals surface area contributed by atoms with Crippen LogP contribution < -0.4 is 10.2 Å². The van der Waals surface area contributed by atoms with Crippen molar-refractivity contribution < 1.29 is 9.53 Å². The van der Waals surface area contributed by atoms with Crippen molar-refractivity contribution in [3.05, 3.63) is 23.9 Å². The maximum atomic E-state index is 11.8.